The Labute approximate surface area is 257 Å². The van der Waals surface area contributed by atoms with Crippen molar-refractivity contribution in [3.8, 4) is 17.3 Å². The molecule has 0 aliphatic carbocycles. The van der Waals surface area contributed by atoms with Gasteiger partial charge in [-0.15, -0.1) is 0 Å². The fourth-order valence-electron chi connectivity index (χ4n) is 5.80. The maximum absolute atomic E-state index is 5.91. The number of ether oxygens (including phenoxy) is 2. The van der Waals surface area contributed by atoms with Crippen LogP contribution in [-0.4, -0.2) is 56.8 Å². The van der Waals surface area contributed by atoms with E-state index in [1.165, 1.54) is 5.56 Å². The van der Waals surface area contributed by atoms with Gasteiger partial charge in [-0.3, -0.25) is 0 Å². The van der Waals surface area contributed by atoms with Gasteiger partial charge in [0.25, 0.3) is 0 Å². The van der Waals surface area contributed by atoms with Crippen LogP contribution in [0.2, 0.25) is 0 Å². The molecular formula is C34H36N8O2. The molecule has 224 valence electrons. The Balaban J connectivity index is 1.13. The van der Waals surface area contributed by atoms with Crippen molar-refractivity contribution in [1.82, 2.24) is 24.5 Å². The first-order valence-corrected chi connectivity index (χ1v) is 15.1. The zero-order valence-corrected chi connectivity index (χ0v) is 25.1. The minimum absolute atomic E-state index is 0.245. The third kappa shape index (κ3) is 5.93. The van der Waals surface area contributed by atoms with E-state index in [2.05, 4.69) is 48.7 Å². The number of aryl methyl sites for hydroxylation is 1. The van der Waals surface area contributed by atoms with Gasteiger partial charge in [-0.2, -0.15) is 4.98 Å². The second-order valence-corrected chi connectivity index (χ2v) is 11.3. The van der Waals surface area contributed by atoms with Crippen LogP contribution in [-0.2, 0) is 31.4 Å². The number of fused-ring (bicyclic) bond motifs is 1. The highest BCUT2D eigenvalue weighted by Crippen LogP contribution is 2.33. The summed E-state index contributed by atoms with van der Waals surface area (Å²) in [6.07, 6.45) is 4.69. The quantitative estimate of drug-likeness (QED) is 0.256. The first kappa shape index (κ1) is 27.8. The van der Waals surface area contributed by atoms with Crippen LogP contribution in [0.25, 0.3) is 11.4 Å². The molecule has 2 aliphatic heterocycles. The number of hydrogen-bond donors (Lipinski definition) is 1. The summed E-state index contributed by atoms with van der Waals surface area (Å²) < 4.78 is 13.7. The van der Waals surface area contributed by atoms with Gasteiger partial charge in [0.05, 0.1) is 31.5 Å². The van der Waals surface area contributed by atoms with Gasteiger partial charge in [0.1, 0.15) is 18.2 Å². The van der Waals surface area contributed by atoms with E-state index < -0.39 is 0 Å². The summed E-state index contributed by atoms with van der Waals surface area (Å²) in [7, 11) is 2.03. The summed E-state index contributed by atoms with van der Waals surface area (Å²) in [6.45, 7) is 6.45. The van der Waals surface area contributed by atoms with E-state index in [1.54, 1.807) is 0 Å². The topological polar surface area (TPSA) is 93.5 Å². The lowest BCUT2D eigenvalue weighted by Crippen LogP contribution is -2.45. The van der Waals surface area contributed by atoms with Crippen LogP contribution in [0.15, 0.2) is 85.2 Å². The molecule has 0 bridgehead atoms. The molecule has 5 aromatic rings. The van der Waals surface area contributed by atoms with Crippen molar-refractivity contribution in [1.29, 1.82) is 0 Å². The molecule has 0 radical (unpaired) electrons. The molecule has 0 spiro atoms. The minimum atomic E-state index is 0.245. The highest BCUT2D eigenvalue weighted by Gasteiger charge is 2.30. The Hall–Kier alpha value is -4.96. The van der Waals surface area contributed by atoms with Gasteiger partial charge >= 0.3 is 0 Å². The Bertz CT molecular complexity index is 1720. The lowest BCUT2D eigenvalue weighted by atomic mass is 10.0. The van der Waals surface area contributed by atoms with Crippen molar-refractivity contribution in [3.63, 3.8) is 0 Å². The van der Waals surface area contributed by atoms with E-state index in [4.69, 9.17) is 19.4 Å². The van der Waals surface area contributed by atoms with Gasteiger partial charge in [0.15, 0.2) is 5.82 Å². The lowest BCUT2D eigenvalue weighted by Gasteiger charge is -2.38. The molecule has 1 atom stereocenters. The van der Waals surface area contributed by atoms with Crippen LogP contribution in [0.4, 0.5) is 23.3 Å². The van der Waals surface area contributed by atoms with Crippen molar-refractivity contribution in [2.24, 2.45) is 7.05 Å². The third-order valence-electron chi connectivity index (χ3n) is 8.13. The SMILES string of the molecule is C[C@H]1COCCN1c1nc(-c2ccc(Nc3cccc(OCc4ccccc4)n3)cc2)nc2c1CCN(c1nccn1C)C2. The van der Waals surface area contributed by atoms with E-state index in [0.29, 0.717) is 38.1 Å². The number of morpholine rings is 1. The minimum Gasteiger partial charge on any atom is -0.473 e. The fourth-order valence-corrected chi connectivity index (χ4v) is 5.80. The first-order valence-electron chi connectivity index (χ1n) is 15.1. The summed E-state index contributed by atoms with van der Waals surface area (Å²) >= 11 is 0. The van der Waals surface area contributed by atoms with Crippen molar-refractivity contribution in [3.05, 3.63) is 102 Å². The number of rotatable bonds is 8. The molecule has 1 fully saturated rings. The number of pyridine rings is 1. The molecule has 1 N–H and O–H groups in total. The van der Waals surface area contributed by atoms with Gasteiger partial charge in [0.2, 0.25) is 11.8 Å². The van der Waals surface area contributed by atoms with E-state index >= 15 is 0 Å². The van der Waals surface area contributed by atoms with E-state index in [1.807, 2.05) is 80.1 Å². The van der Waals surface area contributed by atoms with Crippen LogP contribution in [0.5, 0.6) is 5.88 Å². The van der Waals surface area contributed by atoms with Gasteiger partial charge in [-0.05, 0) is 49.2 Å². The second-order valence-electron chi connectivity index (χ2n) is 11.3. The average molecular weight is 589 g/mol. The maximum atomic E-state index is 5.91. The lowest BCUT2D eigenvalue weighted by molar-refractivity contribution is 0.0984. The Morgan fingerprint density at radius 1 is 0.955 bits per heavy atom. The zero-order valence-electron chi connectivity index (χ0n) is 25.1. The van der Waals surface area contributed by atoms with Crippen molar-refractivity contribution in [2.45, 2.75) is 32.5 Å². The standard InChI is InChI=1S/C34H36N8O2/c1-24-22-43-20-19-42(24)33-28-15-17-41(34-35-16-18-40(34)2)21-29(28)37-32(39-33)26-11-13-27(14-12-26)36-30-9-6-10-31(38-30)44-23-25-7-4-3-5-8-25/h3-14,16,18,24H,15,17,19-23H2,1-2H3,(H,36,38)/t24-/m0/s1. The van der Waals surface area contributed by atoms with E-state index in [-0.39, 0.29) is 6.04 Å². The largest absolute Gasteiger partial charge is 0.473 e. The molecule has 44 heavy (non-hydrogen) atoms. The smallest absolute Gasteiger partial charge is 0.215 e. The van der Waals surface area contributed by atoms with Gasteiger partial charge in [0, 0.05) is 55.4 Å². The molecule has 2 aliphatic rings. The van der Waals surface area contributed by atoms with Gasteiger partial charge in [-0.25, -0.2) is 15.0 Å². The average Bonchev–Trinajstić information content (AvgIpc) is 3.50. The van der Waals surface area contributed by atoms with Gasteiger partial charge < -0.3 is 29.2 Å². The molecular weight excluding hydrogens is 552 g/mol. The number of benzene rings is 2. The Morgan fingerprint density at radius 3 is 2.61 bits per heavy atom. The molecule has 10 heteroatoms. The molecule has 5 heterocycles. The molecule has 10 nitrogen and oxygen atoms in total. The summed E-state index contributed by atoms with van der Waals surface area (Å²) in [6, 6.07) is 24.3. The van der Waals surface area contributed by atoms with Crippen LogP contribution in [0.3, 0.4) is 0 Å². The Morgan fingerprint density at radius 2 is 1.82 bits per heavy atom. The van der Waals surface area contributed by atoms with Crippen LogP contribution in [0, 0.1) is 0 Å². The normalized spacial score (nSPS) is 16.5. The summed E-state index contributed by atoms with van der Waals surface area (Å²) in [5.41, 5.74) is 5.26. The highest BCUT2D eigenvalue weighted by atomic mass is 16.5. The number of aromatic nitrogens is 5. The monoisotopic (exact) mass is 588 g/mol. The molecule has 3 aromatic heterocycles. The molecule has 7 rings (SSSR count). The van der Waals surface area contributed by atoms with Gasteiger partial charge in [-0.1, -0.05) is 36.4 Å². The summed E-state index contributed by atoms with van der Waals surface area (Å²) in [5.74, 6) is 3.99. The third-order valence-corrected chi connectivity index (χ3v) is 8.13. The van der Waals surface area contributed by atoms with E-state index in [0.717, 1.165) is 59.6 Å². The number of anilines is 4. The number of nitrogens with zero attached hydrogens (tertiary/aromatic N) is 7. The van der Waals surface area contributed by atoms with E-state index in [9.17, 15) is 0 Å². The fraction of sp³-hybridized carbons (Fsp3) is 0.294. The first-order chi connectivity index (χ1) is 21.6. The zero-order chi connectivity index (χ0) is 29.9. The second kappa shape index (κ2) is 12.3. The maximum Gasteiger partial charge on any atom is 0.215 e. The predicted molar refractivity (Wildman–Crippen MR) is 171 cm³/mol. The summed E-state index contributed by atoms with van der Waals surface area (Å²) in [5, 5.41) is 3.40. The Kier molecular flexibility index (Phi) is 7.81. The molecule has 0 amide bonds. The van der Waals surface area contributed by atoms with Crippen LogP contribution >= 0.6 is 0 Å². The molecule has 0 saturated carbocycles. The molecule has 1 saturated heterocycles. The number of nitrogens with one attached hydrogen (secondary N) is 1. The van der Waals surface area contributed by atoms with Crippen LogP contribution < -0.4 is 19.9 Å². The van der Waals surface area contributed by atoms with Crippen molar-refractivity contribution < 1.29 is 9.47 Å². The molecule has 2 aromatic carbocycles. The highest BCUT2D eigenvalue weighted by molar-refractivity contribution is 5.66. The molecule has 0 unspecified atom stereocenters. The van der Waals surface area contributed by atoms with Crippen molar-refractivity contribution >= 4 is 23.3 Å². The van der Waals surface area contributed by atoms with Crippen LogP contribution in [0.1, 0.15) is 23.7 Å². The number of hydrogen-bond acceptors (Lipinski definition) is 9. The predicted octanol–water partition coefficient (Wildman–Crippen LogP) is 5.38. The summed E-state index contributed by atoms with van der Waals surface area (Å²) in [4.78, 5) is 24.2. The number of imidazole rings is 1. The van der Waals surface area contributed by atoms with Crippen molar-refractivity contribution in [2.75, 3.05) is 41.4 Å².